The molecular weight excluding hydrogens is 628 g/mol. The lowest BCUT2D eigenvalue weighted by atomic mass is 10.0. The lowest BCUT2D eigenvalue weighted by Crippen LogP contribution is -2.24. The summed E-state index contributed by atoms with van der Waals surface area (Å²) in [6.07, 6.45) is -3.42. The number of alkyl halides is 3. The van der Waals surface area contributed by atoms with Gasteiger partial charge in [-0.2, -0.15) is 13.2 Å². The number of benzene rings is 2. The number of pyridine rings is 2. The Labute approximate surface area is 263 Å². The average Bonchev–Trinajstić information content (AvgIpc) is 3.62. The van der Waals surface area contributed by atoms with Gasteiger partial charge in [-0.25, -0.2) is 14.4 Å². The SMILES string of the molecule is CN(S)c1cc2oc(-c3ccc(OCC(F)(F)F)nc3)c(C=O)c2cc1-c1ccc2c(n1)-c1cc3c(F)cccc3n1C(CO)O2. The Hall–Kier alpha value is -5.08. The first kappa shape index (κ1) is 29.6. The molecule has 5 heterocycles. The van der Waals surface area contributed by atoms with Crippen molar-refractivity contribution in [1.82, 2.24) is 14.5 Å². The quantitative estimate of drug-likeness (QED) is 0.106. The van der Waals surface area contributed by atoms with Gasteiger partial charge in [0.15, 0.2) is 19.1 Å². The number of fused-ring (bicyclic) bond motifs is 6. The second-order valence-corrected chi connectivity index (χ2v) is 11.1. The fraction of sp³-hybridized carbons (Fsp3) is 0.156. The summed E-state index contributed by atoms with van der Waals surface area (Å²) in [4.78, 5) is 21.2. The number of aromatic nitrogens is 3. The molecule has 0 spiro atoms. The van der Waals surface area contributed by atoms with Crippen molar-refractivity contribution in [2.75, 3.05) is 24.6 Å². The van der Waals surface area contributed by atoms with Gasteiger partial charge in [-0.15, -0.1) is 0 Å². The summed E-state index contributed by atoms with van der Waals surface area (Å²) in [5, 5.41) is 10.9. The molecule has 7 rings (SSSR count). The lowest BCUT2D eigenvalue weighted by molar-refractivity contribution is -0.154. The van der Waals surface area contributed by atoms with Crippen LogP contribution < -0.4 is 13.8 Å². The van der Waals surface area contributed by atoms with Gasteiger partial charge in [0.25, 0.3) is 0 Å². The number of hydrogen-bond acceptors (Lipinski definition) is 9. The number of furan rings is 1. The van der Waals surface area contributed by atoms with E-state index in [2.05, 4.69) is 22.5 Å². The Balaban J connectivity index is 1.34. The summed E-state index contributed by atoms with van der Waals surface area (Å²) >= 11 is 4.52. The van der Waals surface area contributed by atoms with Crippen molar-refractivity contribution in [3.05, 3.63) is 78.2 Å². The van der Waals surface area contributed by atoms with Gasteiger partial charge < -0.3 is 27.9 Å². The molecule has 0 fully saturated rings. The van der Waals surface area contributed by atoms with Gasteiger partial charge in [0.1, 0.15) is 28.6 Å². The van der Waals surface area contributed by atoms with Crippen LogP contribution >= 0.6 is 12.8 Å². The van der Waals surface area contributed by atoms with Crippen LogP contribution in [0.1, 0.15) is 16.6 Å². The fourth-order valence-electron chi connectivity index (χ4n) is 5.61. The van der Waals surface area contributed by atoms with Crippen LogP contribution in [0.25, 0.3) is 55.8 Å². The summed E-state index contributed by atoms with van der Waals surface area (Å²) in [7, 11) is 1.70. The number of carbonyl (C=O) groups excluding carboxylic acids is 1. The predicted molar refractivity (Wildman–Crippen MR) is 165 cm³/mol. The van der Waals surface area contributed by atoms with Crippen LogP contribution in [-0.4, -0.2) is 52.4 Å². The molecule has 9 nitrogen and oxygen atoms in total. The highest BCUT2D eigenvalue weighted by atomic mass is 32.1. The Morgan fingerprint density at radius 3 is 2.65 bits per heavy atom. The molecule has 46 heavy (non-hydrogen) atoms. The maximum atomic E-state index is 14.8. The van der Waals surface area contributed by atoms with E-state index in [4.69, 9.17) is 14.1 Å². The minimum absolute atomic E-state index is 0.165. The molecule has 1 unspecified atom stereocenters. The molecule has 0 radical (unpaired) electrons. The van der Waals surface area contributed by atoms with Crippen LogP contribution in [0.3, 0.4) is 0 Å². The third-order valence-corrected chi connectivity index (χ3v) is 7.82. The van der Waals surface area contributed by atoms with Crippen LogP contribution in [0.5, 0.6) is 11.6 Å². The zero-order valence-electron chi connectivity index (χ0n) is 23.7. The van der Waals surface area contributed by atoms with Gasteiger partial charge >= 0.3 is 6.18 Å². The molecule has 4 aromatic heterocycles. The number of nitrogens with zero attached hydrogens (tertiary/aromatic N) is 4. The van der Waals surface area contributed by atoms with Gasteiger partial charge in [-0.3, -0.25) is 4.79 Å². The molecule has 6 aromatic rings. The van der Waals surface area contributed by atoms with Crippen molar-refractivity contribution in [3.8, 4) is 45.6 Å². The topological polar surface area (TPSA) is 103 Å². The number of aliphatic hydroxyl groups excluding tert-OH is 1. The number of carbonyl (C=O) groups is 1. The largest absolute Gasteiger partial charge is 0.468 e. The van der Waals surface area contributed by atoms with E-state index in [9.17, 15) is 27.5 Å². The number of rotatable bonds is 7. The zero-order chi connectivity index (χ0) is 32.3. The minimum Gasteiger partial charge on any atom is -0.468 e. The average molecular weight is 651 g/mol. The van der Waals surface area contributed by atoms with Crippen LogP contribution in [0.15, 0.2) is 71.3 Å². The second kappa shape index (κ2) is 11.1. The van der Waals surface area contributed by atoms with Crippen molar-refractivity contribution in [3.63, 3.8) is 0 Å². The molecule has 0 bridgehead atoms. The van der Waals surface area contributed by atoms with E-state index in [1.165, 1.54) is 24.4 Å². The summed E-state index contributed by atoms with van der Waals surface area (Å²) < 4.78 is 72.4. The van der Waals surface area contributed by atoms with Crippen molar-refractivity contribution in [2.45, 2.75) is 12.4 Å². The Morgan fingerprint density at radius 1 is 1.13 bits per heavy atom. The van der Waals surface area contributed by atoms with Crippen molar-refractivity contribution in [1.29, 1.82) is 0 Å². The molecule has 14 heteroatoms. The molecule has 1 atom stereocenters. The summed E-state index contributed by atoms with van der Waals surface area (Å²) in [5.41, 5.74) is 4.04. The molecule has 0 saturated carbocycles. The molecule has 0 amide bonds. The van der Waals surface area contributed by atoms with Crippen molar-refractivity contribution >= 4 is 46.7 Å². The monoisotopic (exact) mass is 650 g/mol. The summed E-state index contributed by atoms with van der Waals surface area (Å²) in [6, 6.07) is 15.9. The summed E-state index contributed by atoms with van der Waals surface area (Å²) in [5.74, 6) is -0.0948. The van der Waals surface area contributed by atoms with Crippen LogP contribution in [-0.2, 0) is 0 Å². The fourth-order valence-corrected chi connectivity index (χ4v) is 5.78. The van der Waals surface area contributed by atoms with E-state index in [-0.39, 0.29) is 23.8 Å². The standard InChI is InChI=1S/C32H22F4N4O5S/c1-39(46)24-11-27-17(20(13-41)31(45-27)16-5-8-28(37-12-16)43-15-32(34,35)36)9-19(24)22-6-7-26-30(38-22)25-10-18-21(33)3-2-4-23(18)40(25)29(14-42)44-26/h2-13,29,42,46H,14-15H2,1H3. The van der Waals surface area contributed by atoms with E-state index in [1.54, 1.807) is 58.4 Å². The number of hydrogen-bond donors (Lipinski definition) is 2. The minimum atomic E-state index is -4.52. The van der Waals surface area contributed by atoms with Crippen LogP contribution in [0, 0.1) is 5.82 Å². The molecule has 1 aliphatic heterocycles. The molecule has 1 aliphatic rings. The first-order chi connectivity index (χ1) is 22.1. The Kier molecular flexibility index (Phi) is 7.13. The number of halogens is 4. The normalized spacial score (nSPS) is 14.2. The number of anilines is 1. The van der Waals surface area contributed by atoms with Gasteiger partial charge in [0.05, 0.1) is 34.8 Å². The van der Waals surface area contributed by atoms with Gasteiger partial charge in [0, 0.05) is 47.3 Å². The number of aldehydes is 1. The second-order valence-electron chi connectivity index (χ2n) is 10.5. The third-order valence-electron chi connectivity index (χ3n) is 7.61. The number of thiol groups is 1. The zero-order valence-corrected chi connectivity index (χ0v) is 24.6. The molecule has 1 N–H and O–H groups in total. The smallest absolute Gasteiger partial charge is 0.422 e. The first-order valence-corrected chi connectivity index (χ1v) is 14.2. The lowest BCUT2D eigenvalue weighted by Gasteiger charge is -2.28. The van der Waals surface area contributed by atoms with Gasteiger partial charge in [0.2, 0.25) is 5.88 Å². The molecule has 234 valence electrons. The number of ether oxygens (including phenoxy) is 2. The van der Waals surface area contributed by atoms with Crippen molar-refractivity contribution < 1.29 is 41.4 Å². The van der Waals surface area contributed by atoms with Gasteiger partial charge in [-0.1, -0.05) is 18.9 Å². The predicted octanol–water partition coefficient (Wildman–Crippen LogP) is 7.24. The van der Waals surface area contributed by atoms with E-state index in [1.807, 2.05) is 0 Å². The molecule has 2 aromatic carbocycles. The maximum absolute atomic E-state index is 14.8. The highest BCUT2D eigenvalue weighted by Gasteiger charge is 2.31. The van der Waals surface area contributed by atoms with Crippen molar-refractivity contribution in [2.24, 2.45) is 0 Å². The first-order valence-electron chi connectivity index (χ1n) is 13.8. The molecule has 0 saturated heterocycles. The van der Waals surface area contributed by atoms with Gasteiger partial charge in [-0.05, 0) is 42.5 Å². The van der Waals surface area contributed by atoms with E-state index in [0.29, 0.717) is 67.8 Å². The highest BCUT2D eigenvalue weighted by molar-refractivity contribution is 7.81. The molecule has 0 aliphatic carbocycles. The number of aliphatic hydroxyl groups is 1. The van der Waals surface area contributed by atoms with E-state index < -0.39 is 24.8 Å². The Bertz CT molecular complexity index is 2140. The maximum Gasteiger partial charge on any atom is 0.422 e. The Morgan fingerprint density at radius 2 is 1.96 bits per heavy atom. The summed E-state index contributed by atoms with van der Waals surface area (Å²) in [6.45, 7) is -1.84. The van der Waals surface area contributed by atoms with Crippen LogP contribution in [0.2, 0.25) is 0 Å². The highest BCUT2D eigenvalue weighted by Crippen LogP contribution is 2.45. The van der Waals surface area contributed by atoms with Crippen LogP contribution in [0.4, 0.5) is 23.2 Å². The molecular formula is C32H22F4N4O5S. The van der Waals surface area contributed by atoms with E-state index >= 15 is 0 Å². The van der Waals surface area contributed by atoms with E-state index in [0.717, 1.165) is 0 Å². The third kappa shape index (κ3) is 4.99.